The number of allylic oxidation sites excluding steroid dienone is 1. The quantitative estimate of drug-likeness (QED) is 0.0992. The van der Waals surface area contributed by atoms with Crippen LogP contribution in [0.1, 0.15) is 108 Å². The van der Waals surface area contributed by atoms with E-state index < -0.39 is 22.7 Å². The van der Waals surface area contributed by atoms with Gasteiger partial charge in [-0.05, 0) is 70.2 Å². The molecule has 0 aliphatic carbocycles. The smallest absolute Gasteiger partial charge is 0.253 e. The molecule has 42 heavy (non-hydrogen) atoms. The fourth-order valence-electron chi connectivity index (χ4n) is 8.29. The zero-order valence-electron chi connectivity index (χ0n) is 29.2. The Morgan fingerprint density at radius 2 is 1.24 bits per heavy atom. The number of methoxy groups -OCH3 is 1. The number of unbranched alkanes of at least 4 members (excludes halogenated alkanes) is 1. The van der Waals surface area contributed by atoms with Crippen LogP contribution in [0.4, 0.5) is 0 Å². The summed E-state index contributed by atoms with van der Waals surface area (Å²) < 4.78 is 20.5. The first-order chi connectivity index (χ1) is 19.6. The van der Waals surface area contributed by atoms with E-state index in [-0.39, 0.29) is 18.1 Å². The highest BCUT2D eigenvalue weighted by Gasteiger charge is 2.58. The van der Waals surface area contributed by atoms with Crippen LogP contribution >= 0.6 is 0 Å². The Balaban J connectivity index is 2.75. The van der Waals surface area contributed by atoms with E-state index in [0.717, 1.165) is 30.6 Å². The summed E-state index contributed by atoms with van der Waals surface area (Å²) in [6.07, 6.45) is 3.87. The highest BCUT2D eigenvalue weighted by molar-refractivity contribution is 6.78. The Bertz CT molecular complexity index is 946. The molecule has 0 radical (unpaired) electrons. The largest absolute Gasteiger partial charge is 0.497 e. The van der Waals surface area contributed by atoms with Crippen LogP contribution in [0.2, 0.25) is 33.2 Å². The molecule has 1 saturated heterocycles. The molecular formula is C35H63NO4Si2. The van der Waals surface area contributed by atoms with Gasteiger partial charge in [0, 0.05) is 6.54 Å². The molecule has 1 aromatic rings. The molecule has 1 amide bonds. The molecule has 7 heteroatoms. The number of rotatable bonds is 17. The third-order valence-corrected chi connectivity index (χ3v) is 22.3. The van der Waals surface area contributed by atoms with Crippen molar-refractivity contribution in [3.05, 3.63) is 42.5 Å². The molecule has 2 rings (SSSR count). The Kier molecular flexibility index (Phi) is 13.6. The van der Waals surface area contributed by atoms with Gasteiger partial charge in [0.25, 0.3) is 5.91 Å². The van der Waals surface area contributed by atoms with E-state index >= 15 is 0 Å². The molecule has 1 heterocycles. The summed E-state index contributed by atoms with van der Waals surface area (Å²) in [7, 11) is -3.02. The van der Waals surface area contributed by atoms with Gasteiger partial charge in [0.05, 0.1) is 19.3 Å². The maximum atomic E-state index is 14.7. The lowest BCUT2D eigenvalue weighted by Gasteiger charge is -2.48. The normalized spacial score (nSPS) is 20.3. The number of ether oxygens (including phenoxy) is 1. The molecular weight excluding hydrogens is 555 g/mol. The second kappa shape index (κ2) is 15.5. The number of carbonyl (C=O) groups excluding carboxylic acids is 1. The molecule has 3 atom stereocenters. The first-order valence-electron chi connectivity index (χ1n) is 16.5. The average Bonchev–Trinajstić information content (AvgIpc) is 3.13. The third kappa shape index (κ3) is 7.44. The summed E-state index contributed by atoms with van der Waals surface area (Å²) in [4.78, 5) is 16.8. The minimum Gasteiger partial charge on any atom is -0.497 e. The van der Waals surface area contributed by atoms with Gasteiger partial charge in [-0.1, -0.05) is 101 Å². The summed E-state index contributed by atoms with van der Waals surface area (Å²) in [5, 5.41) is 0. The number of amides is 1. The topological polar surface area (TPSA) is 48.0 Å². The van der Waals surface area contributed by atoms with Crippen molar-refractivity contribution in [2.24, 2.45) is 0 Å². The molecule has 1 aromatic carbocycles. The van der Waals surface area contributed by atoms with E-state index in [1.807, 2.05) is 18.2 Å². The van der Waals surface area contributed by atoms with Gasteiger partial charge in [-0.15, -0.1) is 6.58 Å². The molecule has 0 spiro atoms. The van der Waals surface area contributed by atoms with Crippen molar-refractivity contribution in [3.63, 3.8) is 0 Å². The SMILES string of the molecule is C=CCCC[C@H]1[C@H](O[Si](C(C)C)(C(C)C)C(C)C)[C@@H](O[Si](C(C)C)(C(C)C)C(C)C)C(=O)N1Cc1ccc(OC)cc1. The Morgan fingerprint density at radius 1 is 0.786 bits per heavy atom. The monoisotopic (exact) mass is 617 g/mol. The predicted molar refractivity (Wildman–Crippen MR) is 183 cm³/mol. The van der Waals surface area contributed by atoms with Crippen LogP contribution < -0.4 is 4.74 Å². The van der Waals surface area contributed by atoms with Crippen molar-refractivity contribution in [2.45, 2.75) is 160 Å². The van der Waals surface area contributed by atoms with Crippen molar-refractivity contribution in [1.82, 2.24) is 4.90 Å². The predicted octanol–water partition coefficient (Wildman–Crippen LogP) is 9.88. The standard InChI is InChI=1S/C35H63NO4Si2/c1-15-16-17-18-32-33(39-41(24(2)3,25(4)5)26(6)7)34(40-42(27(8)9,28(10)11)29(12)13)35(37)36(32)23-30-19-21-31(38-14)22-20-30/h15,19-22,24-29,32-34H,1,16-18,23H2,2-14H3/t32-,33-,34+/m0/s1. The van der Waals surface area contributed by atoms with Crippen LogP contribution in [0.5, 0.6) is 5.75 Å². The summed E-state index contributed by atoms with van der Waals surface area (Å²) in [5.41, 5.74) is 3.48. The average molecular weight is 618 g/mol. The fraction of sp³-hybridized carbons (Fsp3) is 0.743. The van der Waals surface area contributed by atoms with Gasteiger partial charge in [0.15, 0.2) is 6.10 Å². The maximum absolute atomic E-state index is 14.7. The fourth-order valence-corrected chi connectivity index (χ4v) is 19.4. The second-order valence-corrected chi connectivity index (χ2v) is 25.2. The van der Waals surface area contributed by atoms with Crippen LogP contribution in [0.3, 0.4) is 0 Å². The Hall–Kier alpha value is -1.42. The van der Waals surface area contributed by atoms with Gasteiger partial charge >= 0.3 is 0 Å². The van der Waals surface area contributed by atoms with E-state index in [9.17, 15) is 4.79 Å². The first kappa shape index (κ1) is 36.8. The van der Waals surface area contributed by atoms with E-state index in [0.29, 0.717) is 39.8 Å². The van der Waals surface area contributed by atoms with Crippen molar-refractivity contribution in [3.8, 4) is 5.75 Å². The minimum atomic E-state index is -2.38. The first-order valence-corrected chi connectivity index (χ1v) is 20.8. The van der Waals surface area contributed by atoms with Gasteiger partial charge in [0.1, 0.15) is 5.75 Å². The zero-order valence-corrected chi connectivity index (χ0v) is 31.2. The Morgan fingerprint density at radius 3 is 1.64 bits per heavy atom. The van der Waals surface area contributed by atoms with Crippen LogP contribution in [0, 0.1) is 0 Å². The van der Waals surface area contributed by atoms with Crippen LogP contribution in [-0.4, -0.2) is 52.8 Å². The number of carbonyl (C=O) groups is 1. The number of likely N-dealkylation sites (tertiary alicyclic amines) is 1. The van der Waals surface area contributed by atoms with E-state index in [4.69, 9.17) is 13.6 Å². The number of nitrogens with zero attached hydrogens (tertiary/aromatic N) is 1. The molecule has 240 valence electrons. The molecule has 1 aliphatic rings. The highest BCUT2D eigenvalue weighted by atomic mass is 28.4. The van der Waals surface area contributed by atoms with Gasteiger partial charge in [-0.2, -0.15) is 0 Å². The van der Waals surface area contributed by atoms with Crippen molar-refractivity contribution in [1.29, 1.82) is 0 Å². The van der Waals surface area contributed by atoms with Crippen molar-refractivity contribution >= 4 is 22.5 Å². The van der Waals surface area contributed by atoms with E-state index in [2.05, 4.69) is 107 Å². The molecule has 1 aliphatic heterocycles. The zero-order chi connectivity index (χ0) is 32.0. The third-order valence-electron chi connectivity index (χ3n) is 10.1. The minimum absolute atomic E-state index is 0.0501. The van der Waals surface area contributed by atoms with E-state index in [1.165, 1.54) is 0 Å². The highest BCUT2D eigenvalue weighted by Crippen LogP contribution is 2.49. The van der Waals surface area contributed by atoms with Crippen LogP contribution in [0.15, 0.2) is 36.9 Å². The molecule has 0 saturated carbocycles. The van der Waals surface area contributed by atoms with Gasteiger partial charge in [0.2, 0.25) is 16.6 Å². The van der Waals surface area contributed by atoms with Gasteiger partial charge < -0.3 is 18.5 Å². The lowest BCUT2D eigenvalue weighted by atomic mass is 10.0. The summed E-state index contributed by atoms with van der Waals surface area (Å²) in [6.45, 7) is 32.3. The number of hydrogen-bond donors (Lipinski definition) is 0. The lowest BCUT2D eigenvalue weighted by Crippen LogP contribution is -2.57. The van der Waals surface area contributed by atoms with Crippen molar-refractivity contribution < 1.29 is 18.4 Å². The molecule has 0 unspecified atom stereocenters. The molecule has 0 N–H and O–H groups in total. The van der Waals surface area contributed by atoms with Crippen molar-refractivity contribution in [2.75, 3.05) is 7.11 Å². The summed E-state index contributed by atoms with van der Waals surface area (Å²) in [5.74, 6) is 0.914. The summed E-state index contributed by atoms with van der Waals surface area (Å²) >= 11 is 0. The van der Waals surface area contributed by atoms with Crippen LogP contribution in [-0.2, 0) is 20.2 Å². The summed E-state index contributed by atoms with van der Waals surface area (Å²) in [6, 6.07) is 8.05. The molecule has 5 nitrogen and oxygen atoms in total. The number of hydrogen-bond acceptors (Lipinski definition) is 4. The lowest BCUT2D eigenvalue weighted by molar-refractivity contribution is -0.136. The maximum Gasteiger partial charge on any atom is 0.253 e. The van der Waals surface area contributed by atoms with E-state index in [1.54, 1.807) is 7.11 Å². The van der Waals surface area contributed by atoms with Gasteiger partial charge in [-0.3, -0.25) is 4.79 Å². The Labute approximate surface area is 261 Å². The molecule has 0 aromatic heterocycles. The van der Waals surface area contributed by atoms with Gasteiger partial charge in [-0.25, -0.2) is 0 Å². The second-order valence-electron chi connectivity index (χ2n) is 14.4. The number of benzene rings is 1. The molecule has 1 fully saturated rings. The molecule has 0 bridgehead atoms. The van der Waals surface area contributed by atoms with Crippen LogP contribution in [0.25, 0.3) is 0 Å².